The van der Waals surface area contributed by atoms with Gasteiger partial charge in [0.15, 0.2) is 0 Å². The lowest BCUT2D eigenvalue weighted by Gasteiger charge is -2.32. The highest BCUT2D eigenvalue weighted by Gasteiger charge is 2.41. The Balaban J connectivity index is 1.70. The van der Waals surface area contributed by atoms with E-state index in [1.165, 1.54) is 4.90 Å². The van der Waals surface area contributed by atoms with Gasteiger partial charge in [0.1, 0.15) is 11.5 Å². The van der Waals surface area contributed by atoms with Gasteiger partial charge in [-0.25, -0.2) is 0 Å². The van der Waals surface area contributed by atoms with E-state index in [-0.39, 0.29) is 17.9 Å². The zero-order valence-electron chi connectivity index (χ0n) is 14.2. The molecule has 4 rings (SSSR count). The van der Waals surface area contributed by atoms with Crippen LogP contribution in [0.15, 0.2) is 36.4 Å². The Morgan fingerprint density at radius 1 is 0.880 bits per heavy atom. The van der Waals surface area contributed by atoms with E-state index in [0.29, 0.717) is 17.5 Å². The first-order chi connectivity index (χ1) is 12.2. The summed E-state index contributed by atoms with van der Waals surface area (Å²) in [7, 11) is 3.28. The molecule has 25 heavy (non-hydrogen) atoms. The molecule has 0 saturated carbocycles. The molecule has 1 heterocycles. The highest BCUT2D eigenvalue weighted by molar-refractivity contribution is 6.21. The van der Waals surface area contributed by atoms with Gasteiger partial charge < -0.3 is 9.47 Å². The van der Waals surface area contributed by atoms with Crippen molar-refractivity contribution in [2.45, 2.75) is 25.3 Å². The Labute approximate surface area is 146 Å². The molecule has 0 bridgehead atoms. The first-order valence-electron chi connectivity index (χ1n) is 8.35. The van der Waals surface area contributed by atoms with Gasteiger partial charge in [-0.1, -0.05) is 12.1 Å². The minimum absolute atomic E-state index is 0.166. The minimum atomic E-state index is -0.198. The van der Waals surface area contributed by atoms with E-state index in [9.17, 15) is 9.59 Å². The number of fused-ring (bicyclic) bond motifs is 2. The van der Waals surface area contributed by atoms with Crippen LogP contribution < -0.4 is 9.47 Å². The van der Waals surface area contributed by atoms with E-state index in [1.54, 1.807) is 38.5 Å². The summed E-state index contributed by atoms with van der Waals surface area (Å²) in [4.78, 5) is 26.9. The number of benzene rings is 2. The van der Waals surface area contributed by atoms with Crippen molar-refractivity contribution in [1.29, 1.82) is 0 Å². The van der Waals surface area contributed by atoms with Crippen LogP contribution in [-0.2, 0) is 12.8 Å². The lowest BCUT2D eigenvalue weighted by atomic mass is 9.86. The molecule has 0 spiro atoms. The maximum Gasteiger partial charge on any atom is 0.261 e. The van der Waals surface area contributed by atoms with E-state index >= 15 is 0 Å². The van der Waals surface area contributed by atoms with Gasteiger partial charge in [-0.05, 0) is 43.5 Å². The fourth-order valence-electron chi connectivity index (χ4n) is 3.94. The van der Waals surface area contributed by atoms with Crippen LogP contribution in [0.25, 0.3) is 0 Å². The summed E-state index contributed by atoms with van der Waals surface area (Å²) in [6, 6.07) is 10.6. The topological polar surface area (TPSA) is 55.8 Å². The Morgan fingerprint density at radius 2 is 1.44 bits per heavy atom. The fourth-order valence-corrected chi connectivity index (χ4v) is 3.94. The minimum Gasteiger partial charge on any atom is -0.496 e. The van der Waals surface area contributed by atoms with Gasteiger partial charge in [-0.2, -0.15) is 0 Å². The zero-order chi connectivity index (χ0) is 17.6. The van der Waals surface area contributed by atoms with Crippen molar-refractivity contribution < 1.29 is 19.1 Å². The van der Waals surface area contributed by atoms with E-state index in [4.69, 9.17) is 9.47 Å². The number of hydrogen-bond donors (Lipinski definition) is 0. The number of ether oxygens (including phenoxy) is 2. The van der Waals surface area contributed by atoms with E-state index in [0.717, 1.165) is 35.5 Å². The lowest BCUT2D eigenvalue weighted by molar-refractivity contribution is 0.0570. The van der Waals surface area contributed by atoms with Crippen LogP contribution in [0.4, 0.5) is 0 Å². The van der Waals surface area contributed by atoms with Gasteiger partial charge in [0.2, 0.25) is 0 Å². The highest BCUT2D eigenvalue weighted by Crippen LogP contribution is 2.38. The number of hydrogen-bond acceptors (Lipinski definition) is 4. The Bertz CT molecular complexity index is 839. The maximum atomic E-state index is 12.7. The number of carbonyl (C=O) groups excluding carboxylic acids is 2. The highest BCUT2D eigenvalue weighted by atomic mass is 16.5. The molecule has 0 radical (unpaired) electrons. The van der Waals surface area contributed by atoms with Crippen LogP contribution in [0.2, 0.25) is 0 Å². The molecule has 0 aromatic heterocycles. The van der Waals surface area contributed by atoms with Gasteiger partial charge in [-0.3, -0.25) is 14.5 Å². The molecule has 2 aromatic carbocycles. The average molecular weight is 337 g/mol. The number of carbonyl (C=O) groups is 2. The summed E-state index contributed by atoms with van der Waals surface area (Å²) in [5, 5.41) is 0. The van der Waals surface area contributed by atoms with Crippen LogP contribution >= 0.6 is 0 Å². The van der Waals surface area contributed by atoms with E-state index < -0.39 is 0 Å². The molecule has 128 valence electrons. The van der Waals surface area contributed by atoms with Crippen LogP contribution in [0.1, 0.15) is 38.3 Å². The molecule has 5 heteroatoms. The van der Waals surface area contributed by atoms with E-state index in [2.05, 4.69) is 0 Å². The first-order valence-corrected chi connectivity index (χ1v) is 8.35. The van der Waals surface area contributed by atoms with Crippen molar-refractivity contribution in [3.63, 3.8) is 0 Å². The molecule has 5 nitrogen and oxygen atoms in total. The SMILES string of the molecule is COc1ccc(OC)c2c1CCC(N1C(=O)c3ccccc3C1=O)C2. The predicted octanol–water partition coefficient (Wildman–Crippen LogP) is 2.86. The first kappa shape index (κ1) is 15.7. The maximum absolute atomic E-state index is 12.7. The van der Waals surface area contributed by atoms with Crippen molar-refractivity contribution >= 4 is 11.8 Å². The molecule has 1 aliphatic carbocycles. The van der Waals surface area contributed by atoms with Gasteiger partial charge in [0.25, 0.3) is 11.8 Å². The molecule has 0 saturated heterocycles. The van der Waals surface area contributed by atoms with Gasteiger partial charge in [0, 0.05) is 17.2 Å². The number of rotatable bonds is 3. The molecule has 2 aliphatic rings. The molecule has 2 amide bonds. The second-order valence-corrected chi connectivity index (χ2v) is 6.35. The third-order valence-electron chi connectivity index (χ3n) is 5.14. The lowest BCUT2D eigenvalue weighted by Crippen LogP contribution is -2.43. The van der Waals surface area contributed by atoms with Crippen LogP contribution in [-0.4, -0.2) is 37.0 Å². The molecule has 1 unspecified atom stereocenters. The number of amides is 2. The van der Waals surface area contributed by atoms with Gasteiger partial charge in [-0.15, -0.1) is 0 Å². The third kappa shape index (κ3) is 2.30. The summed E-state index contributed by atoms with van der Waals surface area (Å²) in [5.41, 5.74) is 3.12. The number of imide groups is 1. The fraction of sp³-hybridized carbons (Fsp3) is 0.300. The van der Waals surface area contributed by atoms with Crippen molar-refractivity contribution in [2.75, 3.05) is 14.2 Å². The number of nitrogens with zero attached hydrogens (tertiary/aromatic N) is 1. The molecule has 2 aromatic rings. The summed E-state index contributed by atoms with van der Waals surface area (Å²) in [6.45, 7) is 0. The van der Waals surface area contributed by atoms with Crippen molar-refractivity contribution in [3.8, 4) is 11.5 Å². The standard InChI is InChI=1S/C20H19NO4/c1-24-17-9-10-18(25-2)16-11-12(7-8-13(16)17)21-19(22)14-5-3-4-6-15(14)20(21)23/h3-6,9-10,12H,7-8,11H2,1-2H3. The molecule has 0 N–H and O–H groups in total. The Kier molecular flexibility index (Phi) is 3.71. The van der Waals surface area contributed by atoms with Crippen molar-refractivity contribution in [3.05, 3.63) is 58.7 Å². The molecular formula is C20H19NO4. The van der Waals surface area contributed by atoms with Crippen LogP contribution in [0.3, 0.4) is 0 Å². The van der Waals surface area contributed by atoms with Crippen LogP contribution in [0.5, 0.6) is 11.5 Å². The molecule has 1 aliphatic heterocycles. The predicted molar refractivity (Wildman–Crippen MR) is 92.3 cm³/mol. The third-order valence-corrected chi connectivity index (χ3v) is 5.14. The Morgan fingerprint density at radius 3 is 2.00 bits per heavy atom. The molecule has 1 atom stereocenters. The van der Waals surface area contributed by atoms with Crippen molar-refractivity contribution in [1.82, 2.24) is 4.90 Å². The zero-order valence-corrected chi connectivity index (χ0v) is 14.2. The van der Waals surface area contributed by atoms with Crippen LogP contribution in [0, 0.1) is 0 Å². The summed E-state index contributed by atoms with van der Waals surface area (Å²) >= 11 is 0. The van der Waals surface area contributed by atoms with E-state index in [1.807, 2.05) is 12.1 Å². The normalized spacial score (nSPS) is 18.8. The largest absolute Gasteiger partial charge is 0.496 e. The Hall–Kier alpha value is -2.82. The molecular weight excluding hydrogens is 318 g/mol. The van der Waals surface area contributed by atoms with Gasteiger partial charge >= 0.3 is 0 Å². The quantitative estimate of drug-likeness (QED) is 0.808. The second-order valence-electron chi connectivity index (χ2n) is 6.35. The summed E-state index contributed by atoms with van der Waals surface area (Å²) in [6.07, 6.45) is 2.05. The monoisotopic (exact) mass is 337 g/mol. The average Bonchev–Trinajstić information content (AvgIpc) is 2.91. The number of methoxy groups -OCH3 is 2. The van der Waals surface area contributed by atoms with Gasteiger partial charge in [0.05, 0.1) is 25.3 Å². The summed E-state index contributed by atoms with van der Waals surface area (Å²) in [5.74, 6) is 1.21. The smallest absolute Gasteiger partial charge is 0.261 e. The van der Waals surface area contributed by atoms with Crippen molar-refractivity contribution in [2.24, 2.45) is 0 Å². The summed E-state index contributed by atoms with van der Waals surface area (Å²) < 4.78 is 11.0. The second kappa shape index (κ2) is 5.92. The molecule has 0 fully saturated rings.